The van der Waals surface area contributed by atoms with E-state index < -0.39 is 6.03 Å². The van der Waals surface area contributed by atoms with E-state index >= 15 is 0 Å². The predicted octanol–water partition coefficient (Wildman–Crippen LogP) is 6.89. The van der Waals surface area contributed by atoms with Gasteiger partial charge in [0.15, 0.2) is 11.4 Å². The van der Waals surface area contributed by atoms with Gasteiger partial charge in [0.25, 0.3) is 0 Å². The number of anilines is 2. The van der Waals surface area contributed by atoms with Gasteiger partial charge in [0, 0.05) is 35.4 Å². The zero-order valence-corrected chi connectivity index (χ0v) is 24.0. The second kappa shape index (κ2) is 12.5. The molecule has 0 spiro atoms. The van der Waals surface area contributed by atoms with Gasteiger partial charge in [-0.3, -0.25) is 4.79 Å². The van der Waals surface area contributed by atoms with Gasteiger partial charge in [0.1, 0.15) is 6.61 Å². The fourth-order valence-electron chi connectivity index (χ4n) is 4.26. The number of halogens is 3. The summed E-state index contributed by atoms with van der Waals surface area (Å²) in [6.07, 6.45) is 3.79. The highest BCUT2D eigenvalue weighted by molar-refractivity contribution is 6.38. The van der Waals surface area contributed by atoms with Crippen LogP contribution in [0.15, 0.2) is 79.1 Å². The van der Waals surface area contributed by atoms with Gasteiger partial charge < -0.3 is 24.7 Å². The lowest BCUT2D eigenvalue weighted by Crippen LogP contribution is -2.40. The van der Waals surface area contributed by atoms with Gasteiger partial charge in [-0.05, 0) is 42.6 Å². The minimum atomic E-state index is -0.493. The van der Waals surface area contributed by atoms with Crippen LogP contribution in [-0.4, -0.2) is 34.9 Å². The Balaban J connectivity index is 0.00000370. The second-order valence-corrected chi connectivity index (χ2v) is 9.71. The highest BCUT2D eigenvalue weighted by atomic mass is 35.5. The summed E-state index contributed by atoms with van der Waals surface area (Å²) in [5.74, 6) is 0.214. The smallest absolute Gasteiger partial charge is 0.319 e. The molecular formula is C29H26Cl3N5O3. The van der Waals surface area contributed by atoms with Gasteiger partial charge in [-0.25, -0.2) is 9.78 Å². The van der Waals surface area contributed by atoms with E-state index in [2.05, 4.69) is 15.6 Å². The number of nitrogens with one attached hydrogen (secondary N) is 2. The van der Waals surface area contributed by atoms with Crippen LogP contribution >= 0.6 is 35.6 Å². The van der Waals surface area contributed by atoms with Crippen molar-refractivity contribution >= 4 is 75.3 Å². The molecule has 206 valence electrons. The maximum absolute atomic E-state index is 12.9. The molecule has 0 saturated carbocycles. The summed E-state index contributed by atoms with van der Waals surface area (Å²) in [5.41, 5.74) is 3.17. The van der Waals surface area contributed by atoms with E-state index in [0.29, 0.717) is 33.4 Å². The van der Waals surface area contributed by atoms with Crippen molar-refractivity contribution in [3.63, 3.8) is 0 Å². The normalized spacial score (nSPS) is 10.7. The number of ether oxygens (including phenoxy) is 1. The first-order valence-electron chi connectivity index (χ1n) is 12.1. The number of rotatable bonds is 7. The Morgan fingerprint density at radius 2 is 1.80 bits per heavy atom. The van der Waals surface area contributed by atoms with Crippen LogP contribution in [-0.2, 0) is 11.4 Å². The molecule has 0 radical (unpaired) electrons. The van der Waals surface area contributed by atoms with Crippen molar-refractivity contribution in [1.82, 2.24) is 14.7 Å². The number of fused-ring (bicyclic) bond motifs is 2. The Hall–Kier alpha value is -3.98. The molecule has 2 aromatic heterocycles. The van der Waals surface area contributed by atoms with Crippen LogP contribution in [0.5, 0.6) is 5.75 Å². The van der Waals surface area contributed by atoms with Gasteiger partial charge in [-0.2, -0.15) is 0 Å². The summed E-state index contributed by atoms with van der Waals surface area (Å²) in [6, 6.07) is 19.8. The molecule has 0 fully saturated rings. The molecule has 3 amide bonds. The summed E-state index contributed by atoms with van der Waals surface area (Å²) in [4.78, 5) is 31.3. The lowest BCUT2D eigenvalue weighted by atomic mass is 10.1. The zero-order valence-electron chi connectivity index (χ0n) is 21.7. The van der Waals surface area contributed by atoms with Crippen LogP contribution in [0.2, 0.25) is 10.0 Å². The topological polar surface area (TPSA) is 88.0 Å². The molecule has 0 bridgehead atoms. The summed E-state index contributed by atoms with van der Waals surface area (Å²) < 4.78 is 7.90. The Morgan fingerprint density at radius 3 is 2.62 bits per heavy atom. The Kier molecular flexibility index (Phi) is 9.04. The van der Waals surface area contributed by atoms with Crippen molar-refractivity contribution in [2.45, 2.75) is 13.5 Å². The van der Waals surface area contributed by atoms with Crippen molar-refractivity contribution in [3.8, 4) is 5.75 Å². The third kappa shape index (κ3) is 6.09. The molecule has 0 unspecified atom stereocenters. The number of aryl methyl sites for hydroxylation is 1. The van der Waals surface area contributed by atoms with E-state index in [1.807, 2.05) is 72.2 Å². The lowest BCUT2D eigenvalue weighted by Gasteiger charge is -2.21. The van der Waals surface area contributed by atoms with Crippen molar-refractivity contribution in [3.05, 3.63) is 100 Å². The highest BCUT2D eigenvalue weighted by Gasteiger charge is 2.20. The van der Waals surface area contributed by atoms with Crippen molar-refractivity contribution < 1.29 is 14.3 Å². The maximum Gasteiger partial charge on any atom is 0.319 e. The standard InChI is InChI=1S/C29H25Cl2N5O3.ClH/c1-18-16-36-14-6-11-25(28(36)33-18)39-17-21-22(30)12-13-24(27(21)31)35(2)26(37)15-32-29(38)34-23-10-5-8-19-7-3-4-9-20(19)23;/h3-14,16H,15,17H2,1-2H3,(H2,32,34,38);1H. The fourth-order valence-corrected chi connectivity index (χ4v) is 4.87. The van der Waals surface area contributed by atoms with Gasteiger partial charge in [-0.15, -0.1) is 12.4 Å². The van der Waals surface area contributed by atoms with Crippen molar-refractivity contribution in [2.75, 3.05) is 23.8 Å². The number of benzene rings is 3. The number of imidazole rings is 1. The molecule has 2 N–H and O–H groups in total. The monoisotopic (exact) mass is 597 g/mol. The molecule has 3 aromatic carbocycles. The number of aromatic nitrogens is 2. The quantitative estimate of drug-likeness (QED) is 0.214. The van der Waals surface area contributed by atoms with Crippen LogP contribution < -0.4 is 20.3 Å². The summed E-state index contributed by atoms with van der Waals surface area (Å²) in [5, 5.41) is 8.01. The SMILES string of the molecule is Cc1cn2cccc(OCc3c(Cl)ccc(N(C)C(=O)CNC(=O)Nc4cccc5ccccc45)c3Cl)c2n1.Cl. The molecule has 5 rings (SSSR count). The molecule has 5 aromatic rings. The van der Waals surface area contributed by atoms with Crippen LogP contribution in [0, 0.1) is 6.92 Å². The Labute approximate surface area is 247 Å². The average molecular weight is 599 g/mol. The number of hydrogen-bond acceptors (Lipinski definition) is 4. The van der Waals surface area contributed by atoms with Gasteiger partial charge >= 0.3 is 6.03 Å². The van der Waals surface area contributed by atoms with E-state index in [4.69, 9.17) is 27.9 Å². The van der Waals surface area contributed by atoms with Crippen molar-refractivity contribution in [1.29, 1.82) is 0 Å². The number of amides is 3. The molecule has 0 saturated heterocycles. The first-order valence-corrected chi connectivity index (χ1v) is 12.9. The molecule has 0 aliphatic rings. The average Bonchev–Trinajstić information content (AvgIpc) is 3.32. The number of carbonyl (C=O) groups is 2. The molecule has 0 atom stereocenters. The molecular weight excluding hydrogens is 573 g/mol. The van der Waals surface area contributed by atoms with Crippen LogP contribution in [0.1, 0.15) is 11.3 Å². The minimum absolute atomic E-state index is 0. The number of hydrogen-bond donors (Lipinski definition) is 2. The Morgan fingerprint density at radius 1 is 1.02 bits per heavy atom. The lowest BCUT2D eigenvalue weighted by molar-refractivity contribution is -0.117. The number of nitrogens with zero attached hydrogens (tertiary/aromatic N) is 3. The summed E-state index contributed by atoms with van der Waals surface area (Å²) in [6.45, 7) is 1.74. The summed E-state index contributed by atoms with van der Waals surface area (Å²) in [7, 11) is 1.58. The number of pyridine rings is 1. The predicted molar refractivity (Wildman–Crippen MR) is 162 cm³/mol. The zero-order chi connectivity index (χ0) is 27.5. The molecule has 11 heteroatoms. The first kappa shape index (κ1) is 29.0. The van der Waals surface area contributed by atoms with Gasteiger partial charge in [0.05, 0.1) is 28.6 Å². The van der Waals surface area contributed by atoms with E-state index in [9.17, 15) is 9.59 Å². The molecule has 8 nitrogen and oxygen atoms in total. The number of urea groups is 1. The summed E-state index contributed by atoms with van der Waals surface area (Å²) >= 11 is 13.1. The van der Waals surface area contributed by atoms with Crippen LogP contribution in [0.25, 0.3) is 16.4 Å². The van der Waals surface area contributed by atoms with E-state index in [0.717, 1.165) is 16.5 Å². The molecule has 0 aliphatic carbocycles. The van der Waals surface area contributed by atoms with Crippen LogP contribution in [0.4, 0.5) is 16.2 Å². The largest absolute Gasteiger partial charge is 0.485 e. The minimum Gasteiger partial charge on any atom is -0.485 e. The third-order valence-corrected chi connectivity index (χ3v) is 7.05. The van der Waals surface area contributed by atoms with E-state index in [-0.39, 0.29) is 36.5 Å². The maximum atomic E-state index is 12.9. The second-order valence-electron chi connectivity index (χ2n) is 8.92. The fraction of sp³-hybridized carbons (Fsp3) is 0.138. The number of carbonyl (C=O) groups excluding carboxylic acids is 2. The Bertz CT molecular complexity index is 1700. The first-order chi connectivity index (χ1) is 18.8. The van der Waals surface area contributed by atoms with Crippen molar-refractivity contribution in [2.24, 2.45) is 0 Å². The van der Waals surface area contributed by atoms with Crippen LogP contribution in [0.3, 0.4) is 0 Å². The van der Waals surface area contributed by atoms with E-state index in [1.54, 1.807) is 25.2 Å². The molecule has 0 aliphatic heterocycles. The van der Waals surface area contributed by atoms with Gasteiger partial charge in [-0.1, -0.05) is 59.6 Å². The number of likely N-dealkylation sites (N-methyl/N-ethyl adjacent to an activating group) is 1. The molecule has 40 heavy (non-hydrogen) atoms. The highest BCUT2D eigenvalue weighted by Crippen LogP contribution is 2.35. The molecule has 2 heterocycles. The van der Waals surface area contributed by atoms with E-state index in [1.165, 1.54) is 4.90 Å². The van der Waals surface area contributed by atoms with Gasteiger partial charge in [0.2, 0.25) is 5.91 Å². The third-order valence-electron chi connectivity index (χ3n) is 6.28.